The van der Waals surface area contributed by atoms with Gasteiger partial charge in [-0.25, -0.2) is 0 Å². The van der Waals surface area contributed by atoms with Crippen molar-refractivity contribution in [3.05, 3.63) is 54.7 Å². The van der Waals surface area contributed by atoms with Gasteiger partial charge in [-0.1, -0.05) is 15.9 Å². The number of carbonyl (C=O) groups is 1. The van der Waals surface area contributed by atoms with Crippen LogP contribution in [0.3, 0.4) is 0 Å². The van der Waals surface area contributed by atoms with Crippen molar-refractivity contribution in [2.75, 3.05) is 0 Å². The summed E-state index contributed by atoms with van der Waals surface area (Å²) in [4.78, 5) is 16.4. The van der Waals surface area contributed by atoms with Gasteiger partial charge in [0.1, 0.15) is 0 Å². The number of rotatable bonds is 2. The van der Waals surface area contributed by atoms with Crippen molar-refractivity contribution in [1.29, 1.82) is 0 Å². The SMILES string of the molecule is Cc1cc(C(=O)c2c[nH]c3ccc(Br)cc23)sc1Br. The van der Waals surface area contributed by atoms with Gasteiger partial charge < -0.3 is 4.98 Å². The predicted molar refractivity (Wildman–Crippen MR) is 86.2 cm³/mol. The van der Waals surface area contributed by atoms with Crippen LogP contribution >= 0.6 is 43.2 Å². The number of aromatic nitrogens is 1. The highest BCUT2D eigenvalue weighted by atomic mass is 79.9. The summed E-state index contributed by atoms with van der Waals surface area (Å²) >= 11 is 8.38. The normalized spacial score (nSPS) is 11.1. The molecule has 2 nitrogen and oxygen atoms in total. The molecule has 0 amide bonds. The van der Waals surface area contributed by atoms with Gasteiger partial charge in [0.05, 0.1) is 8.66 Å². The smallest absolute Gasteiger partial charge is 0.205 e. The van der Waals surface area contributed by atoms with Crippen molar-refractivity contribution in [2.45, 2.75) is 6.92 Å². The molecule has 0 fully saturated rings. The van der Waals surface area contributed by atoms with E-state index in [0.717, 1.165) is 29.6 Å². The zero-order chi connectivity index (χ0) is 13.6. The van der Waals surface area contributed by atoms with Gasteiger partial charge in [0.15, 0.2) is 0 Å². The number of aryl methyl sites for hydroxylation is 1. The number of nitrogens with one attached hydrogen (secondary N) is 1. The number of ketones is 1. The van der Waals surface area contributed by atoms with Crippen LogP contribution < -0.4 is 0 Å². The molecule has 1 aromatic carbocycles. The minimum atomic E-state index is 0.0585. The molecular weight excluding hydrogens is 390 g/mol. The van der Waals surface area contributed by atoms with E-state index in [4.69, 9.17) is 0 Å². The summed E-state index contributed by atoms with van der Waals surface area (Å²) in [7, 11) is 0. The summed E-state index contributed by atoms with van der Waals surface area (Å²) in [5, 5.41) is 0.946. The van der Waals surface area contributed by atoms with Crippen LogP contribution in [0.2, 0.25) is 0 Å². The van der Waals surface area contributed by atoms with E-state index in [1.54, 1.807) is 6.20 Å². The number of carbonyl (C=O) groups excluding carboxylic acids is 1. The molecule has 3 aromatic rings. The summed E-state index contributed by atoms with van der Waals surface area (Å²) in [6.07, 6.45) is 1.78. The van der Waals surface area contributed by atoms with Crippen molar-refractivity contribution in [3.63, 3.8) is 0 Å². The summed E-state index contributed by atoms with van der Waals surface area (Å²) in [5.74, 6) is 0.0585. The van der Waals surface area contributed by atoms with Gasteiger partial charge in [-0.15, -0.1) is 11.3 Å². The van der Waals surface area contributed by atoms with Gasteiger partial charge in [-0.05, 0) is 52.7 Å². The second-order valence-electron chi connectivity index (χ2n) is 4.29. The third-order valence-electron chi connectivity index (χ3n) is 2.97. The van der Waals surface area contributed by atoms with Crippen molar-refractivity contribution in [3.8, 4) is 0 Å². The molecule has 3 rings (SSSR count). The molecule has 1 N–H and O–H groups in total. The van der Waals surface area contributed by atoms with Crippen LogP contribution in [0.25, 0.3) is 10.9 Å². The Hall–Kier alpha value is -0.910. The average Bonchev–Trinajstić information content (AvgIpc) is 2.93. The molecule has 0 saturated carbocycles. The van der Waals surface area contributed by atoms with Crippen LogP contribution in [0.1, 0.15) is 20.8 Å². The third-order valence-corrected chi connectivity index (χ3v) is 5.60. The first-order valence-electron chi connectivity index (χ1n) is 5.63. The number of benzene rings is 1. The van der Waals surface area contributed by atoms with Crippen LogP contribution in [0.4, 0.5) is 0 Å². The van der Waals surface area contributed by atoms with E-state index in [2.05, 4.69) is 36.8 Å². The molecule has 0 spiro atoms. The number of halogens is 2. The average molecular weight is 399 g/mol. The quantitative estimate of drug-likeness (QED) is 0.584. The summed E-state index contributed by atoms with van der Waals surface area (Å²) in [6.45, 7) is 1.99. The fourth-order valence-electron chi connectivity index (χ4n) is 1.99. The predicted octanol–water partition coefficient (Wildman–Crippen LogP) is 5.29. The van der Waals surface area contributed by atoms with Gasteiger partial charge in [-0.3, -0.25) is 4.79 Å². The number of thiophene rings is 1. The van der Waals surface area contributed by atoms with E-state index < -0.39 is 0 Å². The largest absolute Gasteiger partial charge is 0.360 e. The Morgan fingerprint density at radius 1 is 1.26 bits per heavy atom. The first-order valence-corrected chi connectivity index (χ1v) is 8.04. The van der Waals surface area contributed by atoms with Gasteiger partial charge in [0.2, 0.25) is 5.78 Å². The molecule has 2 heterocycles. The zero-order valence-corrected chi connectivity index (χ0v) is 13.9. The fraction of sp³-hybridized carbons (Fsp3) is 0.0714. The van der Waals surface area contributed by atoms with E-state index >= 15 is 0 Å². The van der Waals surface area contributed by atoms with E-state index in [9.17, 15) is 4.79 Å². The van der Waals surface area contributed by atoms with Crippen molar-refractivity contribution in [1.82, 2.24) is 4.98 Å². The van der Waals surface area contributed by atoms with E-state index in [1.807, 2.05) is 31.2 Å². The lowest BCUT2D eigenvalue weighted by Gasteiger charge is -1.97. The monoisotopic (exact) mass is 397 g/mol. The number of hydrogen-bond donors (Lipinski definition) is 1. The molecule has 96 valence electrons. The molecule has 5 heteroatoms. The highest BCUT2D eigenvalue weighted by molar-refractivity contribution is 9.11. The maximum Gasteiger partial charge on any atom is 0.205 e. The van der Waals surface area contributed by atoms with E-state index in [-0.39, 0.29) is 5.78 Å². The molecule has 0 aliphatic carbocycles. The molecule has 0 aliphatic heterocycles. The van der Waals surface area contributed by atoms with Crippen LogP contribution in [-0.2, 0) is 0 Å². The van der Waals surface area contributed by atoms with Crippen molar-refractivity contribution in [2.24, 2.45) is 0 Å². The molecular formula is C14H9Br2NOS. The second-order valence-corrected chi connectivity index (χ2v) is 7.57. The van der Waals surface area contributed by atoms with Crippen LogP contribution in [-0.4, -0.2) is 10.8 Å². The molecule has 0 radical (unpaired) electrons. The molecule has 2 aromatic heterocycles. The number of hydrogen-bond acceptors (Lipinski definition) is 2. The number of fused-ring (bicyclic) bond motifs is 1. The van der Waals surface area contributed by atoms with E-state index in [1.165, 1.54) is 11.3 Å². The zero-order valence-electron chi connectivity index (χ0n) is 9.96. The number of H-pyrrole nitrogens is 1. The molecule has 0 aliphatic rings. The highest BCUT2D eigenvalue weighted by Crippen LogP contribution is 2.31. The summed E-state index contributed by atoms with van der Waals surface area (Å²) in [6, 6.07) is 7.81. The Morgan fingerprint density at radius 3 is 2.74 bits per heavy atom. The third kappa shape index (κ3) is 2.30. The minimum absolute atomic E-state index is 0.0585. The first-order chi connectivity index (χ1) is 9.06. The highest BCUT2D eigenvalue weighted by Gasteiger charge is 2.17. The first kappa shape index (κ1) is 13.1. The maximum atomic E-state index is 12.6. The Balaban J connectivity index is 2.13. The van der Waals surface area contributed by atoms with E-state index in [0.29, 0.717) is 5.56 Å². The molecule has 0 atom stereocenters. The second kappa shape index (κ2) is 4.89. The Bertz CT molecular complexity index is 768. The lowest BCUT2D eigenvalue weighted by molar-refractivity contribution is 0.104. The Labute approximate surface area is 131 Å². The lowest BCUT2D eigenvalue weighted by atomic mass is 10.1. The Kier molecular flexibility index (Phi) is 3.37. The Morgan fingerprint density at radius 2 is 2.05 bits per heavy atom. The van der Waals surface area contributed by atoms with Crippen LogP contribution in [0.5, 0.6) is 0 Å². The molecule has 0 saturated heterocycles. The maximum absolute atomic E-state index is 12.6. The van der Waals surface area contributed by atoms with Crippen LogP contribution in [0, 0.1) is 6.92 Å². The molecule has 0 bridgehead atoms. The van der Waals surface area contributed by atoms with Gasteiger partial charge in [0, 0.05) is 27.1 Å². The lowest BCUT2D eigenvalue weighted by Crippen LogP contribution is -1.96. The molecule has 19 heavy (non-hydrogen) atoms. The minimum Gasteiger partial charge on any atom is -0.360 e. The van der Waals surface area contributed by atoms with Crippen molar-refractivity contribution >= 4 is 59.9 Å². The van der Waals surface area contributed by atoms with Gasteiger partial charge in [-0.2, -0.15) is 0 Å². The molecule has 0 unspecified atom stereocenters. The van der Waals surface area contributed by atoms with Gasteiger partial charge in [0.25, 0.3) is 0 Å². The fourth-order valence-corrected chi connectivity index (χ4v) is 3.84. The summed E-state index contributed by atoms with van der Waals surface area (Å²) in [5.41, 5.74) is 2.78. The van der Waals surface area contributed by atoms with Gasteiger partial charge >= 0.3 is 0 Å². The standard InChI is InChI=1S/C14H9Br2NOS/c1-7-4-12(19-14(7)16)13(18)10-6-17-11-3-2-8(15)5-9(10)11/h2-6,17H,1H3. The van der Waals surface area contributed by atoms with Crippen LogP contribution in [0.15, 0.2) is 38.7 Å². The van der Waals surface area contributed by atoms with Crippen molar-refractivity contribution < 1.29 is 4.79 Å². The summed E-state index contributed by atoms with van der Waals surface area (Å²) < 4.78 is 1.98. The number of aromatic amines is 1. The topological polar surface area (TPSA) is 32.9 Å².